The lowest BCUT2D eigenvalue weighted by atomic mass is 10.1. The van der Waals surface area contributed by atoms with Crippen LogP contribution in [0.5, 0.6) is 0 Å². The molecule has 0 bridgehead atoms. The predicted molar refractivity (Wildman–Crippen MR) is 87.8 cm³/mol. The average Bonchev–Trinajstić information content (AvgIpc) is 3.16. The summed E-state index contributed by atoms with van der Waals surface area (Å²) in [6.45, 7) is 2.54. The van der Waals surface area contributed by atoms with Gasteiger partial charge in [-0.3, -0.25) is 14.6 Å². The van der Waals surface area contributed by atoms with Crippen LogP contribution in [0.25, 0.3) is 11.3 Å². The minimum absolute atomic E-state index is 0.0975. The van der Waals surface area contributed by atoms with Crippen molar-refractivity contribution in [3.63, 3.8) is 0 Å². The number of carbonyl (C=O) groups excluding carboxylic acids is 1. The SMILES string of the molecule is Cc1ccc(-c2cc(C(=O)N(C)Cc3cnn(C)c3)[nH]n2)cc1. The van der Waals surface area contributed by atoms with Gasteiger partial charge in [0.2, 0.25) is 0 Å². The van der Waals surface area contributed by atoms with E-state index in [0.717, 1.165) is 16.8 Å². The topological polar surface area (TPSA) is 66.8 Å². The fraction of sp³-hybridized carbons (Fsp3) is 0.235. The Morgan fingerprint density at radius 1 is 1.30 bits per heavy atom. The van der Waals surface area contributed by atoms with Crippen LogP contribution < -0.4 is 0 Å². The van der Waals surface area contributed by atoms with E-state index < -0.39 is 0 Å². The first kappa shape index (κ1) is 15.0. The summed E-state index contributed by atoms with van der Waals surface area (Å²) in [7, 11) is 3.62. The van der Waals surface area contributed by atoms with Crippen LogP contribution in [-0.4, -0.2) is 37.8 Å². The van der Waals surface area contributed by atoms with Crippen molar-refractivity contribution in [3.8, 4) is 11.3 Å². The van der Waals surface area contributed by atoms with Crippen molar-refractivity contribution in [1.29, 1.82) is 0 Å². The molecule has 3 aromatic rings. The van der Waals surface area contributed by atoms with E-state index in [1.165, 1.54) is 5.56 Å². The van der Waals surface area contributed by atoms with Crippen LogP contribution in [0.3, 0.4) is 0 Å². The predicted octanol–water partition coefficient (Wildman–Crippen LogP) is 2.39. The van der Waals surface area contributed by atoms with Crippen molar-refractivity contribution in [2.45, 2.75) is 13.5 Å². The van der Waals surface area contributed by atoms with Crippen molar-refractivity contribution in [2.24, 2.45) is 7.05 Å². The zero-order chi connectivity index (χ0) is 16.4. The summed E-state index contributed by atoms with van der Waals surface area (Å²) >= 11 is 0. The van der Waals surface area contributed by atoms with Gasteiger partial charge in [0.1, 0.15) is 5.69 Å². The van der Waals surface area contributed by atoms with Crippen LogP contribution in [-0.2, 0) is 13.6 Å². The number of hydrogen-bond donors (Lipinski definition) is 1. The molecule has 0 fully saturated rings. The molecule has 0 saturated carbocycles. The summed E-state index contributed by atoms with van der Waals surface area (Å²) in [6, 6.07) is 9.84. The number of amides is 1. The third kappa shape index (κ3) is 3.31. The second-order valence-electron chi connectivity index (χ2n) is 5.72. The molecule has 6 heteroatoms. The highest BCUT2D eigenvalue weighted by molar-refractivity contribution is 5.93. The quantitative estimate of drug-likeness (QED) is 0.804. The first-order valence-electron chi connectivity index (χ1n) is 7.38. The molecule has 118 valence electrons. The Morgan fingerprint density at radius 2 is 2.04 bits per heavy atom. The Bertz CT molecular complexity index is 816. The van der Waals surface area contributed by atoms with E-state index in [0.29, 0.717) is 12.2 Å². The number of nitrogens with zero attached hydrogens (tertiary/aromatic N) is 4. The molecule has 1 N–H and O–H groups in total. The number of rotatable bonds is 4. The highest BCUT2D eigenvalue weighted by Crippen LogP contribution is 2.19. The van der Waals surface area contributed by atoms with Crippen molar-refractivity contribution in [2.75, 3.05) is 7.05 Å². The number of nitrogens with one attached hydrogen (secondary N) is 1. The zero-order valence-corrected chi connectivity index (χ0v) is 13.4. The molecule has 0 aliphatic rings. The Hall–Kier alpha value is -2.89. The van der Waals surface area contributed by atoms with Gasteiger partial charge in [-0.1, -0.05) is 29.8 Å². The summed E-state index contributed by atoms with van der Waals surface area (Å²) in [5.74, 6) is -0.0975. The van der Waals surface area contributed by atoms with E-state index in [1.54, 1.807) is 28.9 Å². The van der Waals surface area contributed by atoms with E-state index in [-0.39, 0.29) is 5.91 Å². The highest BCUT2D eigenvalue weighted by Gasteiger charge is 2.16. The minimum atomic E-state index is -0.0975. The molecule has 0 aliphatic heterocycles. The van der Waals surface area contributed by atoms with Gasteiger partial charge < -0.3 is 4.90 Å². The normalized spacial score (nSPS) is 10.7. The Morgan fingerprint density at radius 3 is 2.70 bits per heavy atom. The molecule has 0 saturated heterocycles. The first-order valence-corrected chi connectivity index (χ1v) is 7.38. The Labute approximate surface area is 134 Å². The molecule has 23 heavy (non-hydrogen) atoms. The summed E-state index contributed by atoms with van der Waals surface area (Å²) in [6.07, 6.45) is 3.66. The van der Waals surface area contributed by atoms with Crippen LogP contribution in [0.4, 0.5) is 0 Å². The van der Waals surface area contributed by atoms with Crippen LogP contribution in [0.15, 0.2) is 42.7 Å². The van der Waals surface area contributed by atoms with Crippen LogP contribution >= 0.6 is 0 Å². The van der Waals surface area contributed by atoms with Crippen LogP contribution in [0.2, 0.25) is 0 Å². The van der Waals surface area contributed by atoms with E-state index in [9.17, 15) is 4.79 Å². The lowest BCUT2D eigenvalue weighted by Gasteiger charge is -2.14. The van der Waals surface area contributed by atoms with E-state index in [4.69, 9.17) is 0 Å². The molecule has 0 aliphatic carbocycles. The number of aromatic amines is 1. The van der Waals surface area contributed by atoms with Gasteiger partial charge >= 0.3 is 0 Å². The number of benzene rings is 1. The maximum Gasteiger partial charge on any atom is 0.271 e. The summed E-state index contributed by atoms with van der Waals surface area (Å²) in [4.78, 5) is 14.1. The van der Waals surface area contributed by atoms with E-state index in [1.807, 2.05) is 44.4 Å². The largest absolute Gasteiger partial charge is 0.336 e. The fourth-order valence-corrected chi connectivity index (χ4v) is 2.41. The molecule has 0 atom stereocenters. The Kier molecular flexibility index (Phi) is 3.97. The molecule has 1 amide bonds. The second kappa shape index (κ2) is 6.08. The van der Waals surface area contributed by atoms with Crippen molar-refractivity contribution >= 4 is 5.91 Å². The second-order valence-corrected chi connectivity index (χ2v) is 5.72. The molecule has 0 spiro atoms. The molecule has 2 aromatic heterocycles. The molecule has 0 unspecified atom stereocenters. The molecule has 0 radical (unpaired) electrons. The van der Waals surface area contributed by atoms with Gasteiger partial charge in [-0.05, 0) is 13.0 Å². The smallest absolute Gasteiger partial charge is 0.271 e. The summed E-state index contributed by atoms with van der Waals surface area (Å²) in [5.41, 5.74) is 4.41. The van der Waals surface area contributed by atoms with Crippen LogP contribution in [0.1, 0.15) is 21.6 Å². The van der Waals surface area contributed by atoms with Gasteiger partial charge in [0.25, 0.3) is 5.91 Å². The van der Waals surface area contributed by atoms with Gasteiger partial charge in [0.05, 0.1) is 11.9 Å². The first-order chi connectivity index (χ1) is 11.0. The maximum absolute atomic E-state index is 12.5. The minimum Gasteiger partial charge on any atom is -0.336 e. The highest BCUT2D eigenvalue weighted by atomic mass is 16.2. The summed E-state index contributed by atoms with van der Waals surface area (Å²) in [5, 5.41) is 11.2. The van der Waals surface area contributed by atoms with Gasteiger partial charge in [0.15, 0.2) is 0 Å². The van der Waals surface area contributed by atoms with Gasteiger partial charge in [-0.25, -0.2) is 0 Å². The lowest BCUT2D eigenvalue weighted by molar-refractivity contribution is 0.0779. The summed E-state index contributed by atoms with van der Waals surface area (Å²) < 4.78 is 1.72. The molecular weight excluding hydrogens is 290 g/mol. The van der Waals surface area contributed by atoms with Crippen molar-refractivity contribution in [3.05, 3.63) is 59.5 Å². The monoisotopic (exact) mass is 309 g/mol. The molecule has 1 aromatic carbocycles. The maximum atomic E-state index is 12.5. The van der Waals surface area contributed by atoms with Gasteiger partial charge in [-0.15, -0.1) is 0 Å². The number of aromatic nitrogens is 4. The third-order valence-electron chi connectivity index (χ3n) is 3.68. The molecule has 3 rings (SSSR count). The number of hydrogen-bond acceptors (Lipinski definition) is 3. The number of carbonyl (C=O) groups is 1. The van der Waals surface area contributed by atoms with E-state index in [2.05, 4.69) is 15.3 Å². The fourth-order valence-electron chi connectivity index (χ4n) is 2.41. The Balaban J connectivity index is 1.74. The van der Waals surface area contributed by atoms with Crippen molar-refractivity contribution in [1.82, 2.24) is 24.9 Å². The van der Waals surface area contributed by atoms with Crippen molar-refractivity contribution < 1.29 is 4.79 Å². The molecular formula is C17H19N5O. The van der Waals surface area contributed by atoms with Crippen LogP contribution in [0, 0.1) is 6.92 Å². The van der Waals surface area contributed by atoms with E-state index >= 15 is 0 Å². The zero-order valence-electron chi connectivity index (χ0n) is 13.4. The standard InChI is InChI=1S/C17H19N5O/c1-12-4-6-14(7-5-12)15-8-16(20-19-15)17(23)21(2)10-13-9-18-22(3)11-13/h4-9,11H,10H2,1-3H3,(H,19,20). The number of H-pyrrole nitrogens is 1. The van der Waals surface area contributed by atoms with Gasteiger partial charge in [-0.2, -0.15) is 10.2 Å². The van der Waals surface area contributed by atoms with Gasteiger partial charge in [0, 0.05) is 38.0 Å². The lowest BCUT2D eigenvalue weighted by Crippen LogP contribution is -2.26. The average molecular weight is 309 g/mol. The number of aryl methyl sites for hydroxylation is 2. The molecule has 2 heterocycles. The molecule has 6 nitrogen and oxygen atoms in total. The third-order valence-corrected chi connectivity index (χ3v) is 3.68.